The van der Waals surface area contributed by atoms with Crippen LogP contribution in [0.3, 0.4) is 0 Å². The highest BCUT2D eigenvalue weighted by Gasteiger charge is 2.08. The van der Waals surface area contributed by atoms with Crippen molar-refractivity contribution in [2.45, 2.75) is 19.4 Å². The maximum Gasteiger partial charge on any atom is 0.251 e. The van der Waals surface area contributed by atoms with Crippen LogP contribution in [0.25, 0.3) is 0 Å². The van der Waals surface area contributed by atoms with Crippen LogP contribution in [0.15, 0.2) is 42.5 Å². The molecule has 2 rings (SSSR count). The molecule has 0 aromatic heterocycles. The summed E-state index contributed by atoms with van der Waals surface area (Å²) in [7, 11) is 3.16. The number of carbonyl (C=O) groups excluding carboxylic acids is 3. The van der Waals surface area contributed by atoms with Gasteiger partial charge in [-0.05, 0) is 41.8 Å². The molecule has 8 nitrogen and oxygen atoms in total. The van der Waals surface area contributed by atoms with Gasteiger partial charge in [0.2, 0.25) is 11.8 Å². The molecular weight excluding hydrogens is 374 g/mol. The zero-order valence-corrected chi connectivity index (χ0v) is 16.5. The summed E-state index contributed by atoms with van der Waals surface area (Å²) in [5.41, 5.74) is 7.21. The molecule has 0 aliphatic heterocycles. The van der Waals surface area contributed by atoms with Crippen molar-refractivity contribution in [1.29, 1.82) is 0 Å². The summed E-state index contributed by atoms with van der Waals surface area (Å²) in [5.74, 6) is 0.285. The normalized spacial score (nSPS) is 10.1. The molecule has 0 radical (unpaired) electrons. The third-order valence-corrected chi connectivity index (χ3v) is 4.18. The Morgan fingerprint density at radius 1 is 0.897 bits per heavy atom. The van der Waals surface area contributed by atoms with E-state index in [1.807, 2.05) is 12.1 Å². The SMILES string of the molecule is COc1cc(CCC(=O)NCc2ccc(C(=O)NCC(N)=O)cc2)cc(OC)c1. The first-order valence-corrected chi connectivity index (χ1v) is 9.05. The second kappa shape index (κ2) is 10.7. The van der Waals surface area contributed by atoms with E-state index in [1.54, 1.807) is 44.6 Å². The van der Waals surface area contributed by atoms with E-state index in [2.05, 4.69) is 10.6 Å². The van der Waals surface area contributed by atoms with Crippen molar-refractivity contribution in [2.24, 2.45) is 5.73 Å². The lowest BCUT2D eigenvalue weighted by atomic mass is 10.1. The molecule has 0 saturated heterocycles. The standard InChI is InChI=1S/C21H25N3O5/c1-28-17-9-15(10-18(11-17)29-2)5-8-20(26)23-12-14-3-6-16(7-4-14)21(27)24-13-19(22)25/h3-4,6-7,9-11H,5,8,12-13H2,1-2H3,(H2,22,25)(H,23,26)(H,24,27). The van der Waals surface area contributed by atoms with Crippen molar-refractivity contribution in [3.8, 4) is 11.5 Å². The number of rotatable bonds is 10. The minimum atomic E-state index is -0.606. The largest absolute Gasteiger partial charge is 0.497 e. The van der Waals surface area contributed by atoms with E-state index in [0.29, 0.717) is 36.4 Å². The number of carbonyl (C=O) groups is 3. The molecule has 0 unspecified atom stereocenters. The highest BCUT2D eigenvalue weighted by Crippen LogP contribution is 2.23. The number of amides is 3. The summed E-state index contributed by atoms with van der Waals surface area (Å²) < 4.78 is 10.5. The Labute approximate surface area is 169 Å². The molecule has 2 aromatic rings. The number of nitrogens with one attached hydrogen (secondary N) is 2. The van der Waals surface area contributed by atoms with E-state index >= 15 is 0 Å². The van der Waals surface area contributed by atoms with Gasteiger partial charge in [-0.15, -0.1) is 0 Å². The van der Waals surface area contributed by atoms with E-state index < -0.39 is 5.91 Å². The maximum absolute atomic E-state index is 12.1. The number of primary amides is 1. The Balaban J connectivity index is 1.82. The summed E-state index contributed by atoms with van der Waals surface area (Å²) >= 11 is 0. The third kappa shape index (κ3) is 7.17. The minimum Gasteiger partial charge on any atom is -0.497 e. The van der Waals surface area contributed by atoms with Gasteiger partial charge in [0, 0.05) is 24.6 Å². The Morgan fingerprint density at radius 2 is 1.52 bits per heavy atom. The molecule has 0 fully saturated rings. The van der Waals surface area contributed by atoms with Gasteiger partial charge in [-0.3, -0.25) is 14.4 Å². The van der Waals surface area contributed by atoms with E-state index in [9.17, 15) is 14.4 Å². The van der Waals surface area contributed by atoms with Gasteiger partial charge in [0.1, 0.15) is 11.5 Å². The molecule has 154 valence electrons. The van der Waals surface area contributed by atoms with Gasteiger partial charge in [-0.1, -0.05) is 12.1 Å². The zero-order valence-electron chi connectivity index (χ0n) is 16.5. The van der Waals surface area contributed by atoms with Crippen LogP contribution in [0.2, 0.25) is 0 Å². The molecule has 0 aliphatic carbocycles. The van der Waals surface area contributed by atoms with E-state index in [4.69, 9.17) is 15.2 Å². The first-order chi connectivity index (χ1) is 13.9. The fourth-order valence-electron chi connectivity index (χ4n) is 2.60. The van der Waals surface area contributed by atoms with Gasteiger partial charge in [-0.25, -0.2) is 0 Å². The fraction of sp³-hybridized carbons (Fsp3) is 0.286. The van der Waals surface area contributed by atoms with Crippen molar-refractivity contribution >= 4 is 17.7 Å². The lowest BCUT2D eigenvalue weighted by Crippen LogP contribution is -2.33. The summed E-state index contributed by atoms with van der Waals surface area (Å²) in [6, 6.07) is 12.3. The smallest absolute Gasteiger partial charge is 0.251 e. The number of ether oxygens (including phenoxy) is 2. The van der Waals surface area contributed by atoms with Crippen LogP contribution in [-0.2, 0) is 22.6 Å². The molecule has 0 bridgehead atoms. The van der Waals surface area contributed by atoms with Crippen LogP contribution in [0, 0.1) is 0 Å². The first kappa shape index (κ1) is 21.7. The molecule has 0 saturated carbocycles. The molecule has 0 aliphatic rings. The minimum absolute atomic E-state index is 0.0879. The van der Waals surface area contributed by atoms with Crippen LogP contribution >= 0.6 is 0 Å². The summed E-state index contributed by atoms with van der Waals surface area (Å²) in [6.45, 7) is 0.138. The Hall–Kier alpha value is -3.55. The molecular formula is C21H25N3O5. The molecule has 2 aromatic carbocycles. The third-order valence-electron chi connectivity index (χ3n) is 4.18. The predicted octanol–water partition coefficient (Wildman–Crippen LogP) is 1.17. The van der Waals surface area contributed by atoms with Crippen molar-refractivity contribution in [1.82, 2.24) is 10.6 Å². The molecule has 0 heterocycles. The Morgan fingerprint density at radius 3 is 2.07 bits per heavy atom. The monoisotopic (exact) mass is 399 g/mol. The van der Waals surface area contributed by atoms with Crippen LogP contribution in [0.1, 0.15) is 27.9 Å². The summed E-state index contributed by atoms with van der Waals surface area (Å²) in [5, 5.41) is 5.27. The fourth-order valence-corrected chi connectivity index (χ4v) is 2.60. The first-order valence-electron chi connectivity index (χ1n) is 9.05. The Kier molecular flexibility index (Phi) is 8.02. The van der Waals surface area contributed by atoms with Gasteiger partial charge >= 0.3 is 0 Å². The molecule has 8 heteroatoms. The van der Waals surface area contributed by atoms with Crippen molar-refractivity contribution in [3.05, 3.63) is 59.2 Å². The van der Waals surface area contributed by atoms with E-state index in [1.165, 1.54) is 0 Å². The Bertz CT molecular complexity index is 843. The quantitative estimate of drug-likeness (QED) is 0.554. The van der Waals surface area contributed by atoms with Crippen LogP contribution in [0.4, 0.5) is 0 Å². The molecule has 0 atom stereocenters. The van der Waals surface area contributed by atoms with E-state index in [-0.39, 0.29) is 18.4 Å². The van der Waals surface area contributed by atoms with E-state index in [0.717, 1.165) is 11.1 Å². The average Bonchev–Trinajstić information content (AvgIpc) is 2.74. The summed E-state index contributed by atoms with van der Waals surface area (Å²) in [4.78, 5) is 34.7. The lowest BCUT2D eigenvalue weighted by Gasteiger charge is -2.09. The highest BCUT2D eigenvalue weighted by molar-refractivity contribution is 5.96. The van der Waals surface area contributed by atoms with Crippen molar-refractivity contribution in [2.75, 3.05) is 20.8 Å². The zero-order chi connectivity index (χ0) is 21.2. The number of hydrogen-bond acceptors (Lipinski definition) is 5. The number of nitrogens with two attached hydrogens (primary N) is 1. The van der Waals surface area contributed by atoms with Crippen LogP contribution in [-0.4, -0.2) is 38.5 Å². The van der Waals surface area contributed by atoms with Crippen LogP contribution < -0.4 is 25.8 Å². The molecule has 0 spiro atoms. The van der Waals surface area contributed by atoms with Crippen molar-refractivity contribution < 1.29 is 23.9 Å². The number of methoxy groups -OCH3 is 2. The second-order valence-corrected chi connectivity index (χ2v) is 6.34. The molecule has 29 heavy (non-hydrogen) atoms. The van der Waals surface area contributed by atoms with Gasteiger partial charge < -0.3 is 25.8 Å². The average molecular weight is 399 g/mol. The van der Waals surface area contributed by atoms with Crippen LogP contribution in [0.5, 0.6) is 11.5 Å². The topological polar surface area (TPSA) is 120 Å². The number of aryl methyl sites for hydroxylation is 1. The van der Waals surface area contributed by atoms with Gasteiger partial charge in [0.25, 0.3) is 5.91 Å². The highest BCUT2D eigenvalue weighted by atomic mass is 16.5. The lowest BCUT2D eigenvalue weighted by molar-refractivity contribution is -0.121. The molecule has 3 amide bonds. The number of benzene rings is 2. The summed E-state index contributed by atoms with van der Waals surface area (Å²) in [6.07, 6.45) is 0.877. The number of hydrogen-bond donors (Lipinski definition) is 3. The van der Waals surface area contributed by atoms with Gasteiger partial charge in [0.05, 0.1) is 20.8 Å². The second-order valence-electron chi connectivity index (χ2n) is 6.34. The van der Waals surface area contributed by atoms with Crippen molar-refractivity contribution in [3.63, 3.8) is 0 Å². The maximum atomic E-state index is 12.1. The molecule has 4 N–H and O–H groups in total. The van der Waals surface area contributed by atoms with Gasteiger partial charge in [0.15, 0.2) is 0 Å². The van der Waals surface area contributed by atoms with Gasteiger partial charge in [-0.2, -0.15) is 0 Å². The predicted molar refractivity (Wildman–Crippen MR) is 108 cm³/mol.